The van der Waals surface area contributed by atoms with Gasteiger partial charge in [-0.25, -0.2) is 27.6 Å². The first-order valence-corrected chi connectivity index (χ1v) is 28.6. The van der Waals surface area contributed by atoms with Crippen LogP contribution in [0.3, 0.4) is 0 Å². The van der Waals surface area contributed by atoms with Crippen molar-refractivity contribution in [1.29, 1.82) is 0 Å². The van der Waals surface area contributed by atoms with E-state index in [1.165, 1.54) is 79.7 Å². The first kappa shape index (κ1) is 77.4. The van der Waals surface area contributed by atoms with Gasteiger partial charge in [0, 0.05) is 17.0 Å². The quantitative estimate of drug-likeness (QED) is 0.00348. The van der Waals surface area contributed by atoms with Crippen LogP contribution in [0, 0.1) is 13.8 Å². The number of alkyl halides is 6. The molecule has 6 rings (SSSR count). The van der Waals surface area contributed by atoms with Crippen LogP contribution in [-0.2, 0) is 50.9 Å². The Balaban J connectivity index is 0.000000460. The van der Waals surface area contributed by atoms with Gasteiger partial charge in [-0.2, -0.15) is 51.1 Å². The normalized spacial score (nSPS) is 11.3. The van der Waals surface area contributed by atoms with Gasteiger partial charge in [-0.1, -0.05) is 25.3 Å². The SMILES string of the molecule is C=CC(=O)OCCCCCCOc1ccc(C(=O)Oc2ccc(N=Nc3ccc(C)c(S(=O)(=O)[O-])c3)cc2C(F)(F)F)cc1.C=CC(=O)OCCCCCCOc1ccc(C(=O)Oc2ccc(N=Nc3ccc(C)c(SOO[O-])c3)cc2C(F)(F)F)cc1.[Na+].[Na+]. The molecule has 0 aromatic heterocycles. The maximum absolute atomic E-state index is 13.8. The Labute approximate surface area is 562 Å². The number of azo groups is 2. The molecule has 0 N–H and O–H groups in total. The Hall–Kier alpha value is -6.80. The Bertz CT molecular complexity index is 3550. The van der Waals surface area contributed by atoms with Crippen LogP contribution >= 0.6 is 12.0 Å². The summed E-state index contributed by atoms with van der Waals surface area (Å²) in [6.45, 7) is 11.3. The van der Waals surface area contributed by atoms with Crippen molar-refractivity contribution in [3.63, 3.8) is 0 Å². The summed E-state index contributed by atoms with van der Waals surface area (Å²) in [5.41, 5.74) is -1.72. The molecule has 0 radical (unpaired) electrons. The minimum atomic E-state index is -4.91. The Morgan fingerprint density at radius 3 is 1.27 bits per heavy atom. The van der Waals surface area contributed by atoms with Crippen molar-refractivity contribution in [3.8, 4) is 23.0 Å². The zero-order chi connectivity index (χ0) is 64.3. The van der Waals surface area contributed by atoms with E-state index in [-0.39, 0.29) is 98.6 Å². The number of benzene rings is 6. The summed E-state index contributed by atoms with van der Waals surface area (Å²) in [6, 6.07) is 25.5. The fourth-order valence-corrected chi connectivity index (χ4v) is 8.57. The van der Waals surface area contributed by atoms with E-state index < -0.39 is 73.9 Å². The van der Waals surface area contributed by atoms with Crippen molar-refractivity contribution in [2.24, 2.45) is 20.5 Å². The predicted octanol–water partition coefficient (Wildman–Crippen LogP) is 8.78. The van der Waals surface area contributed by atoms with Crippen LogP contribution in [0.25, 0.3) is 0 Å². The summed E-state index contributed by atoms with van der Waals surface area (Å²) in [7, 11) is -4.79. The molecule has 0 saturated heterocycles. The number of hydrogen-bond acceptors (Lipinski definition) is 21. The van der Waals surface area contributed by atoms with Gasteiger partial charge in [0.25, 0.3) is 0 Å². The summed E-state index contributed by atoms with van der Waals surface area (Å²) in [6.07, 6.45) is -1.21. The van der Waals surface area contributed by atoms with E-state index >= 15 is 0 Å². The summed E-state index contributed by atoms with van der Waals surface area (Å²) in [4.78, 5) is 47.1. The van der Waals surface area contributed by atoms with Gasteiger partial charge in [-0.3, -0.25) is 5.04 Å². The van der Waals surface area contributed by atoms with Gasteiger partial charge in [-0.15, -0.1) is 0 Å². The second-order valence-electron chi connectivity index (χ2n) is 18.4. The number of esters is 4. The van der Waals surface area contributed by atoms with E-state index in [4.69, 9.17) is 28.4 Å². The molecule has 0 unspecified atom stereocenters. The molecule has 0 bridgehead atoms. The van der Waals surface area contributed by atoms with Gasteiger partial charge in [0.1, 0.15) is 44.2 Å². The molecule has 0 fully saturated rings. The standard InChI is InChI=1S/2C30H29F3N2O8S.2Na/c1-3-28(36)42-17-7-5-4-6-16-41-24-13-9-21(10-14-24)29(37)43-26-15-12-22(18-25(26)30(31,32)33)34-35-23-11-8-20(2)27(19-23)44(38,39)40;1-3-28(36)40-17-7-5-4-6-16-39-24-13-9-21(10-14-24)29(37)41-26-15-12-22(18-25(26)30(31,32)33)34-35-23-11-8-20(2)27(19-23)44-43-42-38;;/h3,8-15,18-19H,1,4-7,16-17H2,2H3,(H,38,39,40);3,8-15,18-19,38H,1,4-7,16-17H2,2H3;;/q;;2*+1/p-2. The van der Waals surface area contributed by atoms with E-state index in [1.807, 2.05) is 0 Å². The number of hydrogen-bond donors (Lipinski definition) is 0. The first-order chi connectivity index (χ1) is 41.9. The molecule has 0 heterocycles. The number of rotatable bonds is 30. The zero-order valence-corrected chi connectivity index (χ0v) is 54.6. The molecular formula is C60H56F6N4Na2O16S2. The van der Waals surface area contributed by atoms with E-state index in [2.05, 4.69) is 43.0 Å². The van der Waals surface area contributed by atoms with Crippen molar-refractivity contribution in [3.05, 3.63) is 180 Å². The Morgan fingerprint density at radius 2 is 0.889 bits per heavy atom. The average Bonchev–Trinajstić information content (AvgIpc) is 1.03. The molecule has 0 saturated carbocycles. The van der Waals surface area contributed by atoms with E-state index in [9.17, 15) is 63.7 Å². The first-order valence-electron chi connectivity index (χ1n) is 26.4. The molecular weight excluding hydrogens is 1260 g/mol. The van der Waals surface area contributed by atoms with Gasteiger partial charge in [0.15, 0.2) is 0 Å². The summed E-state index contributed by atoms with van der Waals surface area (Å²) in [5, 5.41) is 28.6. The number of carbonyl (C=O) groups is 4. The third-order valence-corrected chi connectivity index (χ3v) is 13.6. The number of aryl methyl sites for hydroxylation is 2. The van der Waals surface area contributed by atoms with E-state index in [0.717, 1.165) is 93.0 Å². The molecule has 30 heteroatoms. The maximum Gasteiger partial charge on any atom is 1.00 e. The summed E-state index contributed by atoms with van der Waals surface area (Å²) >= 11 is 0.649. The topological polar surface area (TPSA) is 272 Å². The van der Waals surface area contributed by atoms with E-state index in [1.54, 1.807) is 19.1 Å². The number of ether oxygens (including phenoxy) is 6. The molecule has 468 valence electrons. The fraction of sp³-hybridized carbons (Fsp3) is 0.267. The molecule has 0 spiro atoms. The van der Waals surface area contributed by atoms with E-state index in [0.29, 0.717) is 67.4 Å². The molecule has 0 atom stereocenters. The molecule has 6 aromatic carbocycles. The van der Waals surface area contributed by atoms with Crippen molar-refractivity contribution >= 4 is 68.8 Å². The van der Waals surface area contributed by atoms with Crippen molar-refractivity contribution in [2.75, 3.05) is 26.4 Å². The third kappa shape index (κ3) is 27.0. The predicted molar refractivity (Wildman–Crippen MR) is 303 cm³/mol. The van der Waals surface area contributed by atoms with Crippen LogP contribution in [0.2, 0.25) is 0 Å². The smallest absolute Gasteiger partial charge is 0.744 e. The van der Waals surface area contributed by atoms with Gasteiger partial charge in [0.05, 0.1) is 77.2 Å². The minimum Gasteiger partial charge on any atom is -0.744 e. The Kier molecular flexibility index (Phi) is 33.4. The summed E-state index contributed by atoms with van der Waals surface area (Å²) in [5.74, 6) is -3.42. The van der Waals surface area contributed by atoms with Gasteiger partial charge in [0.2, 0.25) is 0 Å². The average molecular weight is 1310 g/mol. The van der Waals surface area contributed by atoms with Crippen LogP contribution in [0.15, 0.2) is 177 Å². The second kappa shape index (κ2) is 38.8. The van der Waals surface area contributed by atoms with Gasteiger partial charge in [-0.05, 0) is 186 Å². The number of nitrogens with zero attached hydrogens (tertiary/aromatic N) is 4. The minimum absolute atomic E-state index is 0. The molecule has 90 heavy (non-hydrogen) atoms. The summed E-state index contributed by atoms with van der Waals surface area (Å²) < 4.78 is 153. The van der Waals surface area contributed by atoms with Crippen LogP contribution in [-0.4, -0.2) is 63.3 Å². The van der Waals surface area contributed by atoms with Crippen LogP contribution in [0.5, 0.6) is 23.0 Å². The zero-order valence-electron chi connectivity index (χ0n) is 49.0. The molecule has 0 aliphatic rings. The van der Waals surface area contributed by atoms with Crippen LogP contribution in [0.4, 0.5) is 49.1 Å². The maximum atomic E-state index is 13.8. The second-order valence-corrected chi connectivity index (χ2v) is 20.5. The van der Waals surface area contributed by atoms with Gasteiger partial charge < -0.3 is 38.2 Å². The third-order valence-electron chi connectivity index (χ3n) is 11.9. The van der Waals surface area contributed by atoms with Crippen LogP contribution in [0.1, 0.15) is 94.3 Å². The number of carbonyl (C=O) groups excluding carboxylic acids is 4. The largest absolute Gasteiger partial charge is 1.00 e. The van der Waals surface area contributed by atoms with Crippen molar-refractivity contribution in [1.82, 2.24) is 0 Å². The van der Waals surface area contributed by atoms with Crippen molar-refractivity contribution < 1.29 is 161 Å². The molecule has 6 aromatic rings. The van der Waals surface area contributed by atoms with Crippen molar-refractivity contribution in [2.45, 2.75) is 87.4 Å². The molecule has 20 nitrogen and oxygen atoms in total. The Morgan fingerprint density at radius 1 is 0.522 bits per heavy atom. The number of unbranched alkanes of at least 4 members (excludes halogenated alkanes) is 6. The van der Waals surface area contributed by atoms with Gasteiger partial charge >= 0.3 is 95.3 Å². The monoisotopic (exact) mass is 1310 g/mol. The fourth-order valence-electron chi connectivity index (χ4n) is 7.37. The molecule has 0 aliphatic carbocycles. The number of halogens is 6. The molecule has 0 amide bonds. The molecule has 0 aliphatic heterocycles. The van der Waals surface area contributed by atoms with Crippen LogP contribution < -0.4 is 83.3 Å².